The number of hydrogen-bond acceptors (Lipinski definition) is 4. The number of carbonyl (C=O) groups is 2. The van der Waals surface area contributed by atoms with E-state index in [1.165, 1.54) is 17.7 Å². The Bertz CT molecular complexity index is 1090. The lowest BCUT2D eigenvalue weighted by Gasteiger charge is -2.11. The van der Waals surface area contributed by atoms with Gasteiger partial charge in [0, 0.05) is 6.54 Å². The maximum atomic E-state index is 13.3. The van der Waals surface area contributed by atoms with Crippen LogP contribution in [0.3, 0.4) is 0 Å². The first kappa shape index (κ1) is 23.3. The second kappa shape index (κ2) is 9.84. The van der Waals surface area contributed by atoms with Crippen molar-refractivity contribution in [2.75, 3.05) is 13.2 Å². The molecule has 2 aromatic carbocycles. The smallest absolute Gasteiger partial charge is 0.449 e. The molecule has 0 bridgehead atoms. The first-order valence-electron chi connectivity index (χ1n) is 10.2. The number of nitrogens with zero attached hydrogens (tertiary/aromatic N) is 2. The summed E-state index contributed by atoms with van der Waals surface area (Å²) in [6, 6.07) is 14.0. The zero-order valence-electron chi connectivity index (χ0n) is 17.8. The van der Waals surface area contributed by atoms with Gasteiger partial charge >= 0.3 is 12.1 Å². The van der Waals surface area contributed by atoms with Crippen molar-refractivity contribution in [3.05, 3.63) is 65.5 Å². The van der Waals surface area contributed by atoms with Gasteiger partial charge in [-0.15, -0.1) is 0 Å². The number of amides is 1. The number of ether oxygens (including phenoxy) is 1. The second-order valence-electron chi connectivity index (χ2n) is 7.66. The maximum Gasteiger partial charge on any atom is 0.449 e. The van der Waals surface area contributed by atoms with Crippen molar-refractivity contribution in [3.63, 3.8) is 0 Å². The molecule has 1 N–H and O–H groups in total. The summed E-state index contributed by atoms with van der Waals surface area (Å²) < 4.78 is 45.5. The molecule has 0 atom stereocenters. The second-order valence-corrected chi connectivity index (χ2v) is 7.66. The van der Waals surface area contributed by atoms with E-state index in [-0.39, 0.29) is 11.0 Å². The Kier molecular flexibility index (Phi) is 7.17. The molecule has 3 rings (SSSR count). The summed E-state index contributed by atoms with van der Waals surface area (Å²) in [6.07, 6.45) is -4.13. The molecule has 0 saturated heterocycles. The standard InChI is InChI=1S/C23H24F3N3O3/c1-15(2)17-9-7-16(8-10-17)11-12-27-20(30)14-32-21(31)13-29-19-6-4-3-5-18(19)28-22(29)23(24,25)26/h3-10,15H,11-14H2,1-2H3,(H,27,30). The molecular formula is C23H24F3N3O3. The zero-order chi connectivity index (χ0) is 23.3. The Labute approximate surface area is 183 Å². The highest BCUT2D eigenvalue weighted by Crippen LogP contribution is 2.31. The molecule has 1 aromatic heterocycles. The van der Waals surface area contributed by atoms with Crippen LogP contribution < -0.4 is 5.32 Å². The number of rotatable bonds is 8. The van der Waals surface area contributed by atoms with Crippen molar-refractivity contribution in [2.24, 2.45) is 0 Å². The van der Waals surface area contributed by atoms with Gasteiger partial charge in [0.25, 0.3) is 5.91 Å². The molecule has 6 nitrogen and oxygen atoms in total. The molecule has 3 aromatic rings. The van der Waals surface area contributed by atoms with Crippen LogP contribution in [-0.4, -0.2) is 34.6 Å². The van der Waals surface area contributed by atoms with Gasteiger partial charge < -0.3 is 14.6 Å². The third kappa shape index (κ3) is 5.87. The van der Waals surface area contributed by atoms with Crippen LogP contribution in [0.1, 0.15) is 36.7 Å². The fraction of sp³-hybridized carbons (Fsp3) is 0.348. The molecular weight excluding hydrogens is 423 g/mol. The fourth-order valence-electron chi connectivity index (χ4n) is 3.24. The highest BCUT2D eigenvalue weighted by molar-refractivity contribution is 5.82. The molecule has 0 aliphatic carbocycles. The van der Waals surface area contributed by atoms with E-state index in [9.17, 15) is 22.8 Å². The highest BCUT2D eigenvalue weighted by atomic mass is 19.4. The number of para-hydroxylation sites is 2. The minimum absolute atomic E-state index is 0.117. The van der Waals surface area contributed by atoms with E-state index >= 15 is 0 Å². The van der Waals surface area contributed by atoms with Crippen LogP contribution >= 0.6 is 0 Å². The molecule has 0 spiro atoms. The maximum absolute atomic E-state index is 13.3. The van der Waals surface area contributed by atoms with Crippen LogP contribution in [0.15, 0.2) is 48.5 Å². The van der Waals surface area contributed by atoms with Crippen molar-refractivity contribution in [2.45, 2.75) is 38.9 Å². The van der Waals surface area contributed by atoms with E-state index < -0.39 is 37.0 Å². The van der Waals surface area contributed by atoms with Gasteiger partial charge in [0.1, 0.15) is 6.54 Å². The van der Waals surface area contributed by atoms with E-state index in [0.717, 1.165) is 10.1 Å². The Hall–Kier alpha value is -3.36. The molecule has 0 saturated carbocycles. The molecule has 9 heteroatoms. The number of esters is 1. The first-order valence-corrected chi connectivity index (χ1v) is 10.2. The lowest BCUT2D eigenvalue weighted by Crippen LogP contribution is -2.31. The van der Waals surface area contributed by atoms with Crippen molar-refractivity contribution in [1.82, 2.24) is 14.9 Å². The van der Waals surface area contributed by atoms with Crippen molar-refractivity contribution < 1.29 is 27.5 Å². The minimum Gasteiger partial charge on any atom is -0.454 e. The van der Waals surface area contributed by atoms with Crippen LogP contribution in [0.2, 0.25) is 0 Å². The lowest BCUT2D eigenvalue weighted by atomic mass is 10.0. The van der Waals surface area contributed by atoms with Gasteiger partial charge in [-0.3, -0.25) is 9.59 Å². The number of fused-ring (bicyclic) bond motifs is 1. The first-order chi connectivity index (χ1) is 15.1. The SMILES string of the molecule is CC(C)c1ccc(CCNC(=O)COC(=O)Cn2c(C(F)(F)F)nc3ccccc32)cc1. The Morgan fingerprint density at radius 1 is 1.09 bits per heavy atom. The zero-order valence-corrected chi connectivity index (χ0v) is 17.8. The van der Waals surface area contributed by atoms with Gasteiger partial charge in [0.2, 0.25) is 5.82 Å². The summed E-state index contributed by atoms with van der Waals surface area (Å²) in [5, 5.41) is 2.63. The summed E-state index contributed by atoms with van der Waals surface area (Å²) in [5.74, 6) is -2.24. The molecule has 1 amide bonds. The predicted octanol–water partition coefficient (Wildman–Crippen LogP) is 4.08. The Morgan fingerprint density at radius 3 is 2.44 bits per heavy atom. The van der Waals surface area contributed by atoms with Crippen LogP contribution in [0, 0.1) is 0 Å². The highest BCUT2D eigenvalue weighted by Gasteiger charge is 2.38. The average molecular weight is 447 g/mol. The average Bonchev–Trinajstić information content (AvgIpc) is 3.11. The summed E-state index contributed by atoms with van der Waals surface area (Å²) in [5.41, 5.74) is 2.55. The summed E-state index contributed by atoms with van der Waals surface area (Å²) >= 11 is 0. The number of benzene rings is 2. The van der Waals surface area contributed by atoms with Gasteiger partial charge in [-0.2, -0.15) is 13.2 Å². The predicted molar refractivity (Wildman–Crippen MR) is 113 cm³/mol. The van der Waals surface area contributed by atoms with Crippen LogP contribution in [0.4, 0.5) is 13.2 Å². The molecule has 0 fully saturated rings. The number of nitrogens with one attached hydrogen (secondary N) is 1. The molecule has 0 unspecified atom stereocenters. The van der Waals surface area contributed by atoms with E-state index in [2.05, 4.69) is 24.1 Å². The summed E-state index contributed by atoms with van der Waals surface area (Å²) in [7, 11) is 0. The number of halogens is 3. The van der Waals surface area contributed by atoms with Crippen molar-refractivity contribution in [1.29, 1.82) is 0 Å². The van der Waals surface area contributed by atoms with Gasteiger partial charge in [-0.25, -0.2) is 4.98 Å². The van der Waals surface area contributed by atoms with Crippen LogP contribution in [0.25, 0.3) is 11.0 Å². The van der Waals surface area contributed by atoms with E-state index in [1.54, 1.807) is 12.1 Å². The van der Waals surface area contributed by atoms with Crippen molar-refractivity contribution in [3.8, 4) is 0 Å². The van der Waals surface area contributed by atoms with E-state index in [1.807, 2.05) is 24.3 Å². The Morgan fingerprint density at radius 2 is 1.78 bits per heavy atom. The third-order valence-electron chi connectivity index (χ3n) is 4.94. The third-order valence-corrected chi connectivity index (χ3v) is 4.94. The number of aromatic nitrogens is 2. The number of carbonyl (C=O) groups excluding carboxylic acids is 2. The van der Waals surface area contributed by atoms with Gasteiger partial charge in [0.05, 0.1) is 11.0 Å². The molecule has 0 aliphatic rings. The van der Waals surface area contributed by atoms with Crippen molar-refractivity contribution >= 4 is 22.9 Å². The molecule has 1 heterocycles. The van der Waals surface area contributed by atoms with Crippen LogP contribution in [0.5, 0.6) is 0 Å². The Balaban J connectivity index is 1.50. The summed E-state index contributed by atoms with van der Waals surface area (Å²) in [6.45, 7) is 3.29. The number of alkyl halides is 3. The number of imidazole rings is 1. The van der Waals surface area contributed by atoms with E-state index in [0.29, 0.717) is 18.9 Å². The largest absolute Gasteiger partial charge is 0.454 e. The van der Waals surface area contributed by atoms with E-state index in [4.69, 9.17) is 4.74 Å². The normalized spacial score (nSPS) is 11.7. The molecule has 0 radical (unpaired) electrons. The minimum atomic E-state index is -4.73. The topological polar surface area (TPSA) is 73.2 Å². The number of hydrogen-bond donors (Lipinski definition) is 1. The van der Waals surface area contributed by atoms with Gasteiger partial charge in [0.15, 0.2) is 6.61 Å². The molecule has 0 aliphatic heterocycles. The fourth-order valence-corrected chi connectivity index (χ4v) is 3.24. The molecule has 32 heavy (non-hydrogen) atoms. The monoisotopic (exact) mass is 447 g/mol. The van der Waals surface area contributed by atoms with Gasteiger partial charge in [-0.1, -0.05) is 50.2 Å². The summed E-state index contributed by atoms with van der Waals surface area (Å²) in [4.78, 5) is 27.6. The quantitative estimate of drug-likeness (QED) is 0.528. The van der Waals surface area contributed by atoms with Crippen LogP contribution in [-0.2, 0) is 33.5 Å². The lowest BCUT2D eigenvalue weighted by molar-refractivity contribution is -0.153. The molecule has 170 valence electrons. The van der Waals surface area contributed by atoms with Gasteiger partial charge in [-0.05, 0) is 35.6 Å².